The Labute approximate surface area is 52.7 Å². The molecular formula is C3H12N3Sn. The van der Waals surface area contributed by atoms with Crippen LogP contribution in [0.25, 0.3) is 0 Å². The summed E-state index contributed by atoms with van der Waals surface area (Å²) in [7, 11) is 5.92. The van der Waals surface area contributed by atoms with E-state index in [2.05, 4.69) is 10.6 Å². The van der Waals surface area contributed by atoms with Crippen molar-refractivity contribution in [3.8, 4) is 0 Å². The van der Waals surface area contributed by atoms with Crippen molar-refractivity contribution in [1.82, 2.24) is 10.6 Å². The summed E-state index contributed by atoms with van der Waals surface area (Å²) in [5.41, 5.74) is 0. The molecule has 4 heteroatoms. The Morgan fingerprint density at radius 2 is 1.14 bits per heavy atom. The Hall–Kier alpha value is 0.679. The van der Waals surface area contributed by atoms with Crippen LogP contribution in [0.4, 0.5) is 0 Å². The molecule has 0 rings (SSSR count). The van der Waals surface area contributed by atoms with Crippen molar-refractivity contribution >= 4 is 20.6 Å². The molecule has 0 bridgehead atoms. The second kappa shape index (κ2) is 4.83. The molecule has 0 heterocycles. The average Bonchev–Trinajstić information content (AvgIpc) is 1.72. The van der Waals surface area contributed by atoms with Crippen LogP contribution >= 0.6 is 0 Å². The van der Waals surface area contributed by atoms with E-state index >= 15 is 0 Å². The first-order valence-electron chi connectivity index (χ1n) is 2.25. The molecule has 0 aromatic carbocycles. The topological polar surface area (TPSA) is 36.1 Å². The van der Waals surface area contributed by atoms with E-state index < -0.39 is 20.6 Å². The van der Waals surface area contributed by atoms with Crippen LogP contribution < -0.4 is 10.6 Å². The summed E-state index contributed by atoms with van der Waals surface area (Å²) >= 11 is -1.40. The van der Waals surface area contributed by atoms with Crippen molar-refractivity contribution < 1.29 is 0 Å². The van der Waals surface area contributed by atoms with Crippen LogP contribution in [-0.4, -0.2) is 41.7 Å². The van der Waals surface area contributed by atoms with Crippen LogP contribution in [-0.2, 0) is 0 Å². The molecule has 1 radical (unpaired) electrons. The molecule has 0 aliphatic heterocycles. The summed E-state index contributed by atoms with van der Waals surface area (Å²) in [5.74, 6) is 0. The van der Waals surface area contributed by atoms with E-state index in [9.17, 15) is 0 Å². The summed E-state index contributed by atoms with van der Waals surface area (Å²) in [6.07, 6.45) is 0. The molecule has 0 fully saturated rings. The van der Waals surface area contributed by atoms with Crippen molar-refractivity contribution in [3.05, 3.63) is 0 Å². The Morgan fingerprint density at radius 1 is 0.857 bits per heavy atom. The summed E-state index contributed by atoms with van der Waals surface area (Å²) in [6, 6.07) is 0. The van der Waals surface area contributed by atoms with Gasteiger partial charge in [-0.2, -0.15) is 0 Å². The van der Waals surface area contributed by atoms with Crippen molar-refractivity contribution in [2.24, 2.45) is 0 Å². The molecule has 0 saturated carbocycles. The van der Waals surface area contributed by atoms with Gasteiger partial charge in [-0.15, -0.1) is 0 Å². The monoisotopic (exact) mass is 210 g/mol. The molecular weight excluding hydrogens is 197 g/mol. The van der Waals surface area contributed by atoms with Gasteiger partial charge in [-0.1, -0.05) is 0 Å². The van der Waals surface area contributed by atoms with E-state index in [1.54, 1.807) is 0 Å². The molecule has 0 atom stereocenters. The standard InChI is InChI=1S/3CH4N.Sn/c3*1-2;/h3*2H,1H3;/q3*-1;+3. The Balaban J connectivity index is 2.99. The van der Waals surface area contributed by atoms with E-state index in [0.29, 0.717) is 0 Å². The number of rotatable bonds is 3. The first-order chi connectivity index (χ1) is 3.35. The van der Waals surface area contributed by atoms with Crippen LogP contribution in [0.2, 0.25) is 0 Å². The van der Waals surface area contributed by atoms with Gasteiger partial charge in [0.15, 0.2) is 0 Å². The third-order valence-electron chi connectivity index (χ3n) is 0.750. The van der Waals surface area contributed by atoms with Gasteiger partial charge < -0.3 is 0 Å². The zero-order valence-electron chi connectivity index (χ0n) is 5.00. The van der Waals surface area contributed by atoms with Gasteiger partial charge in [0.25, 0.3) is 0 Å². The Bertz CT molecular complexity index is 31.7. The number of hydrogen-bond donors (Lipinski definition) is 3. The summed E-state index contributed by atoms with van der Waals surface area (Å²) in [6.45, 7) is 0. The van der Waals surface area contributed by atoms with Crippen LogP contribution in [0.5, 0.6) is 0 Å². The van der Waals surface area contributed by atoms with E-state index in [4.69, 9.17) is 0 Å². The van der Waals surface area contributed by atoms with Crippen LogP contribution in [0.1, 0.15) is 0 Å². The van der Waals surface area contributed by atoms with Crippen molar-refractivity contribution in [3.63, 3.8) is 0 Å². The fourth-order valence-electron chi connectivity index (χ4n) is 0.375. The summed E-state index contributed by atoms with van der Waals surface area (Å²) in [4.78, 5) is 0. The molecule has 3 N–H and O–H groups in total. The molecule has 3 nitrogen and oxygen atoms in total. The van der Waals surface area contributed by atoms with Crippen LogP contribution in [0, 0.1) is 0 Å². The molecule has 0 unspecified atom stereocenters. The van der Waals surface area contributed by atoms with Crippen molar-refractivity contribution in [2.45, 2.75) is 0 Å². The summed E-state index contributed by atoms with van der Waals surface area (Å²) in [5, 5.41) is 0. The number of hydrogen-bond acceptors (Lipinski definition) is 3. The van der Waals surface area contributed by atoms with E-state index in [-0.39, 0.29) is 0 Å². The van der Waals surface area contributed by atoms with Gasteiger partial charge in [-0.3, -0.25) is 0 Å². The Kier molecular flexibility index (Phi) is 5.30. The maximum absolute atomic E-state index is 3.18. The quantitative estimate of drug-likeness (QED) is 0.502. The predicted molar refractivity (Wildman–Crippen MR) is 32.9 cm³/mol. The van der Waals surface area contributed by atoms with Crippen molar-refractivity contribution in [1.29, 1.82) is 0 Å². The average molecular weight is 209 g/mol. The molecule has 0 aliphatic carbocycles. The molecule has 0 amide bonds. The molecule has 0 spiro atoms. The van der Waals surface area contributed by atoms with Crippen LogP contribution in [0.15, 0.2) is 0 Å². The summed E-state index contributed by atoms with van der Waals surface area (Å²) < 4.78 is 9.53. The van der Waals surface area contributed by atoms with Gasteiger partial charge in [0.2, 0.25) is 0 Å². The maximum atomic E-state index is 3.18. The van der Waals surface area contributed by atoms with Gasteiger partial charge in [-0.05, 0) is 0 Å². The molecule has 0 aliphatic rings. The fourth-order valence-corrected chi connectivity index (χ4v) is 2.52. The van der Waals surface area contributed by atoms with E-state index in [0.717, 1.165) is 0 Å². The Morgan fingerprint density at radius 3 is 1.14 bits per heavy atom. The van der Waals surface area contributed by atoms with Gasteiger partial charge >= 0.3 is 52.3 Å². The zero-order chi connectivity index (χ0) is 5.70. The molecule has 0 aromatic rings. The second-order valence-electron chi connectivity index (χ2n) is 1.12. The third kappa shape index (κ3) is 3.28. The minimum absolute atomic E-state index is 1.40. The van der Waals surface area contributed by atoms with Gasteiger partial charge in [0.05, 0.1) is 0 Å². The normalized spacial score (nSPS) is 10.3. The SMILES string of the molecule is C[NH][Sn]([NH]C)[NH]C. The van der Waals surface area contributed by atoms with Gasteiger partial charge in [-0.25, -0.2) is 0 Å². The van der Waals surface area contributed by atoms with Gasteiger partial charge in [0, 0.05) is 0 Å². The van der Waals surface area contributed by atoms with Crippen LogP contribution in [0.3, 0.4) is 0 Å². The predicted octanol–water partition coefficient (Wildman–Crippen LogP) is -1.37. The van der Waals surface area contributed by atoms with Crippen molar-refractivity contribution in [2.75, 3.05) is 21.1 Å². The molecule has 0 aromatic heterocycles. The van der Waals surface area contributed by atoms with E-state index in [1.165, 1.54) is 0 Å². The fraction of sp³-hybridized carbons (Fsp3) is 1.00. The third-order valence-corrected chi connectivity index (χ3v) is 5.03. The molecule has 7 heavy (non-hydrogen) atoms. The molecule has 43 valence electrons. The zero-order valence-corrected chi connectivity index (χ0v) is 7.85. The second-order valence-corrected chi connectivity index (χ2v) is 7.55. The van der Waals surface area contributed by atoms with E-state index in [1.807, 2.05) is 21.1 Å². The number of nitrogens with one attached hydrogen (secondary N) is 3. The van der Waals surface area contributed by atoms with Gasteiger partial charge in [0.1, 0.15) is 0 Å². The molecule has 0 saturated heterocycles. The first-order valence-corrected chi connectivity index (χ1v) is 6.53. The minimum atomic E-state index is -1.40. The first kappa shape index (κ1) is 7.68.